The predicted molar refractivity (Wildman–Crippen MR) is 313 cm³/mol. The van der Waals surface area contributed by atoms with Gasteiger partial charge >= 0.3 is 12.3 Å². The largest absolute Gasteiger partial charge is 0.513 e. The number of fused-ring (bicyclic) bond motifs is 3. The zero-order valence-corrected chi connectivity index (χ0v) is 47.7. The number of carbonyl (C=O) groups excluding carboxylic acids is 2. The summed E-state index contributed by atoms with van der Waals surface area (Å²) >= 11 is 0. The molecule has 0 heterocycles. The van der Waals surface area contributed by atoms with Crippen LogP contribution in [0.2, 0.25) is 0 Å². The topological polar surface area (TPSA) is 101 Å². The number of rotatable bonds is 4. The lowest BCUT2D eigenvalue weighted by Crippen LogP contribution is -2.38. The van der Waals surface area contributed by atoms with Crippen LogP contribution < -0.4 is 9.47 Å². The molecule has 7 aromatic carbocycles. The van der Waals surface area contributed by atoms with E-state index in [2.05, 4.69) is 132 Å². The van der Waals surface area contributed by atoms with Gasteiger partial charge in [0.2, 0.25) is 0 Å². The van der Waals surface area contributed by atoms with Gasteiger partial charge in [-0.05, 0) is 148 Å². The van der Waals surface area contributed by atoms with E-state index in [4.69, 9.17) is 14.7 Å². The molecule has 8 heteroatoms. The Labute approximate surface area is 456 Å². The first-order valence-electron chi connectivity index (χ1n) is 27.1. The molecule has 12 rings (SSSR count). The molecule has 0 spiro atoms. The van der Waals surface area contributed by atoms with Gasteiger partial charge in [0.15, 0.2) is 0 Å². The minimum absolute atomic E-state index is 0.453. The lowest BCUT2D eigenvalue weighted by atomic mass is 9.56. The van der Waals surface area contributed by atoms with Gasteiger partial charge in [0.05, 0.1) is 26.7 Å². The summed E-state index contributed by atoms with van der Waals surface area (Å²) in [5, 5.41) is 7.07. The van der Waals surface area contributed by atoms with Gasteiger partial charge in [-0.25, -0.2) is 14.5 Å². The van der Waals surface area contributed by atoms with Gasteiger partial charge in [-0.15, -0.1) is 0 Å². The summed E-state index contributed by atoms with van der Waals surface area (Å²) in [6, 6.07) is 61.3. The number of carbonyl (C=O) groups is 2. The number of benzene rings is 7. The lowest BCUT2D eigenvalue weighted by molar-refractivity contribution is -0.214. The summed E-state index contributed by atoms with van der Waals surface area (Å²) in [5.41, 5.74) is 11.9. The van der Waals surface area contributed by atoms with E-state index in [1.165, 1.54) is 89.5 Å². The summed E-state index contributed by atoms with van der Waals surface area (Å²) in [6.07, 6.45) is 8.21. The highest BCUT2D eigenvalue weighted by Crippen LogP contribution is 2.56. The fraction of sp³-hybridized carbons (Fsp3) is 0.353. The molecule has 8 nitrogen and oxygen atoms in total. The van der Waals surface area contributed by atoms with Crippen LogP contribution in [0.3, 0.4) is 0 Å². The van der Waals surface area contributed by atoms with Crippen LogP contribution in [-0.2, 0) is 19.8 Å². The summed E-state index contributed by atoms with van der Waals surface area (Å²) < 4.78 is 18.9. The van der Waals surface area contributed by atoms with E-state index in [9.17, 15) is 9.59 Å². The number of hydrogen-bond donors (Lipinski definition) is 1. The molecule has 0 atom stereocenters. The first-order valence-corrected chi connectivity index (χ1v) is 27.1. The summed E-state index contributed by atoms with van der Waals surface area (Å²) in [5.74, 6) is 5.65. The van der Waals surface area contributed by atoms with Gasteiger partial charge in [0.25, 0.3) is 0 Å². The third kappa shape index (κ3) is 18.7. The maximum absolute atomic E-state index is 11.5. The Hall–Kier alpha value is -7.00. The fourth-order valence-corrected chi connectivity index (χ4v) is 10.5. The molecule has 4 saturated carbocycles. The third-order valence-electron chi connectivity index (χ3n) is 13.4. The Bertz CT molecular complexity index is 2510. The molecule has 4 bridgehead atoms. The number of methoxy groups -OCH3 is 2. The van der Waals surface area contributed by atoms with Gasteiger partial charge < -0.3 is 18.9 Å². The fourth-order valence-electron chi connectivity index (χ4n) is 10.5. The van der Waals surface area contributed by atoms with Crippen molar-refractivity contribution in [3.63, 3.8) is 0 Å². The van der Waals surface area contributed by atoms with E-state index in [1.807, 2.05) is 121 Å². The molecule has 406 valence electrons. The minimum Gasteiger partial charge on any atom is -0.437 e. The van der Waals surface area contributed by atoms with E-state index in [0.717, 1.165) is 11.1 Å². The second kappa shape index (κ2) is 34.5. The van der Waals surface area contributed by atoms with Crippen molar-refractivity contribution in [2.24, 2.45) is 23.7 Å². The van der Waals surface area contributed by atoms with Gasteiger partial charge in [-0.2, -0.15) is 0 Å². The van der Waals surface area contributed by atoms with E-state index < -0.39 is 17.7 Å². The Morgan fingerprint density at radius 3 is 0.908 bits per heavy atom. The Morgan fingerprint density at radius 1 is 0.382 bits per heavy atom. The van der Waals surface area contributed by atoms with E-state index in [-0.39, 0.29) is 0 Å². The van der Waals surface area contributed by atoms with Crippen molar-refractivity contribution in [1.29, 1.82) is 0 Å². The maximum atomic E-state index is 11.5. The first-order chi connectivity index (χ1) is 37.0. The Morgan fingerprint density at radius 2 is 0.618 bits per heavy atom. The number of aryl methyl sites for hydroxylation is 4. The summed E-state index contributed by atoms with van der Waals surface area (Å²) in [4.78, 5) is 25.4. The van der Waals surface area contributed by atoms with Crippen molar-refractivity contribution in [3.05, 3.63) is 226 Å². The standard InChI is InChI=1S/C28H22O3.C10H16.C9H10O3.C8H10.C6H6.3C2H6.CH4O2/c1-19-11-13-20(14-12-19)28(21-15-17-22(18-16-21)31-27(29)30-2)25-9-5-3-7-23(25)24-8-4-6-10-26(24)28;1-7-2-9-4-8(1)5-10(3-7)6-9;1-7-3-5-8(6-4-7)12-9(10)11-2;1-7-3-5-8(2)6-4-7;1-2-4-6-5-3-1;3*1-2;1-3-2/h3-18H,1-2H3;7-10H,1-6H2;3-6H,1-2H3;3-6H,1-2H3;1-6H;3*1-2H3;2H,1H3. The normalized spacial score (nSPS) is 16.5. The highest BCUT2D eigenvalue weighted by atomic mass is 17.1. The molecule has 1 N–H and O–H groups in total. The van der Waals surface area contributed by atoms with Gasteiger partial charge in [0.1, 0.15) is 11.5 Å². The molecule has 0 aromatic heterocycles. The molecule has 0 unspecified atom stereocenters. The van der Waals surface area contributed by atoms with E-state index in [0.29, 0.717) is 11.5 Å². The average molecular weight is 1030 g/mol. The van der Waals surface area contributed by atoms with Crippen molar-refractivity contribution in [2.75, 3.05) is 21.3 Å². The minimum atomic E-state index is -0.724. The van der Waals surface area contributed by atoms with Crippen LogP contribution in [0.25, 0.3) is 11.1 Å². The third-order valence-corrected chi connectivity index (χ3v) is 13.4. The predicted octanol–water partition coefficient (Wildman–Crippen LogP) is 18.7. The zero-order chi connectivity index (χ0) is 55.9. The molecule has 7 aromatic rings. The highest BCUT2D eigenvalue weighted by Gasteiger charge is 2.46. The second-order valence-corrected chi connectivity index (χ2v) is 18.5. The molecule has 0 radical (unpaired) electrons. The van der Waals surface area contributed by atoms with Crippen molar-refractivity contribution in [2.45, 2.75) is 113 Å². The monoisotopic (exact) mass is 1030 g/mol. The van der Waals surface area contributed by atoms with Crippen LogP contribution >= 0.6 is 0 Å². The first kappa shape index (κ1) is 63.3. The van der Waals surface area contributed by atoms with Crippen molar-refractivity contribution in [3.8, 4) is 22.6 Å². The molecule has 0 amide bonds. The smallest absolute Gasteiger partial charge is 0.437 e. The van der Waals surface area contributed by atoms with E-state index >= 15 is 0 Å². The molecular formula is C68H86O8. The molecular weight excluding hydrogens is 945 g/mol. The Kier molecular flexibility index (Phi) is 28.8. The zero-order valence-electron chi connectivity index (χ0n) is 47.7. The highest BCUT2D eigenvalue weighted by molar-refractivity contribution is 5.86. The van der Waals surface area contributed by atoms with Crippen LogP contribution in [0.15, 0.2) is 182 Å². The average Bonchev–Trinajstić information content (AvgIpc) is 3.77. The second-order valence-electron chi connectivity index (χ2n) is 18.5. The van der Waals surface area contributed by atoms with Crippen LogP contribution in [0, 0.1) is 51.4 Å². The molecule has 5 aliphatic rings. The number of ether oxygens (including phenoxy) is 4. The molecule has 4 fully saturated rings. The summed E-state index contributed by atoms with van der Waals surface area (Å²) in [6.45, 7) is 20.3. The maximum Gasteiger partial charge on any atom is 0.513 e. The van der Waals surface area contributed by atoms with Crippen LogP contribution in [-0.4, -0.2) is 38.9 Å². The molecule has 0 aliphatic heterocycles. The van der Waals surface area contributed by atoms with Crippen LogP contribution in [0.5, 0.6) is 11.5 Å². The quantitative estimate of drug-likeness (QED) is 0.0805. The number of hydrogen-bond acceptors (Lipinski definition) is 8. The SMILES string of the molecule is C1C2CC3CC1CC(C2)C3.CC.CC.CC.COC(=O)Oc1ccc(C)cc1.COC(=O)Oc1ccc(C2(c3ccc(C)cc3)c3ccccc3-c3ccccc32)cc1.COO.Cc1ccc(C)cc1.c1ccccc1. The molecule has 5 aliphatic carbocycles. The van der Waals surface area contributed by atoms with Crippen molar-refractivity contribution in [1.82, 2.24) is 0 Å². The van der Waals surface area contributed by atoms with Crippen molar-refractivity contribution >= 4 is 12.3 Å². The van der Waals surface area contributed by atoms with Gasteiger partial charge in [-0.3, -0.25) is 5.26 Å². The summed E-state index contributed by atoms with van der Waals surface area (Å²) in [7, 11) is 3.76. The molecule has 0 saturated heterocycles. The van der Waals surface area contributed by atoms with Crippen molar-refractivity contribution < 1.29 is 38.7 Å². The lowest BCUT2D eigenvalue weighted by Gasteiger charge is -2.49. The van der Waals surface area contributed by atoms with Crippen LogP contribution in [0.4, 0.5) is 9.59 Å². The van der Waals surface area contributed by atoms with Gasteiger partial charge in [-0.1, -0.05) is 222 Å². The molecule has 76 heavy (non-hydrogen) atoms. The van der Waals surface area contributed by atoms with E-state index in [1.54, 1.807) is 50.7 Å². The van der Waals surface area contributed by atoms with Crippen LogP contribution in [0.1, 0.15) is 125 Å². The van der Waals surface area contributed by atoms with Gasteiger partial charge in [0, 0.05) is 0 Å². The Balaban J connectivity index is 0.000000277.